The van der Waals surface area contributed by atoms with Gasteiger partial charge < -0.3 is 15.1 Å². The van der Waals surface area contributed by atoms with E-state index < -0.39 is 0 Å². The minimum atomic E-state index is 0.0193. The van der Waals surface area contributed by atoms with E-state index >= 15 is 0 Å². The summed E-state index contributed by atoms with van der Waals surface area (Å²) in [6.45, 7) is 4.60. The first-order valence-corrected chi connectivity index (χ1v) is 10.7. The molecule has 9 nitrogen and oxygen atoms in total. The summed E-state index contributed by atoms with van der Waals surface area (Å²) in [5.41, 5.74) is 3.17. The van der Waals surface area contributed by atoms with Crippen LogP contribution in [0, 0.1) is 6.92 Å². The summed E-state index contributed by atoms with van der Waals surface area (Å²) in [7, 11) is 0. The first-order chi connectivity index (χ1) is 15.2. The van der Waals surface area contributed by atoms with Gasteiger partial charge >= 0.3 is 0 Å². The number of nitrogens with zero attached hydrogens (tertiary/aromatic N) is 7. The van der Waals surface area contributed by atoms with E-state index in [9.17, 15) is 4.79 Å². The molecule has 0 radical (unpaired) electrons. The lowest BCUT2D eigenvalue weighted by Crippen LogP contribution is -2.49. The molecule has 10 heteroatoms. The lowest BCUT2D eigenvalue weighted by atomic mass is 10.1. The zero-order chi connectivity index (χ0) is 21.2. The van der Waals surface area contributed by atoms with Gasteiger partial charge in [-0.25, -0.2) is 4.98 Å². The number of pyridine rings is 1. The van der Waals surface area contributed by atoms with Crippen LogP contribution < -0.4 is 10.2 Å². The summed E-state index contributed by atoms with van der Waals surface area (Å²) < 4.78 is 8.41. The second kappa shape index (κ2) is 8.23. The van der Waals surface area contributed by atoms with Gasteiger partial charge in [-0.1, -0.05) is 6.07 Å². The van der Waals surface area contributed by atoms with E-state index in [0.29, 0.717) is 37.6 Å². The molecule has 1 N–H and O–H groups in total. The molecule has 0 saturated carbocycles. The lowest BCUT2D eigenvalue weighted by Gasteiger charge is -2.35. The van der Waals surface area contributed by atoms with Crippen molar-refractivity contribution >= 4 is 46.1 Å². The van der Waals surface area contributed by atoms with Crippen molar-refractivity contribution < 1.29 is 4.79 Å². The minimum Gasteiger partial charge on any atom is -0.352 e. The molecule has 1 aliphatic rings. The van der Waals surface area contributed by atoms with Crippen LogP contribution in [0.5, 0.6) is 0 Å². The number of amides is 1. The van der Waals surface area contributed by atoms with Gasteiger partial charge in [-0.2, -0.15) is 8.75 Å². The molecule has 31 heavy (non-hydrogen) atoms. The molecule has 3 aromatic heterocycles. The molecule has 0 unspecified atom stereocenters. The lowest BCUT2D eigenvalue weighted by molar-refractivity contribution is 0.0746. The van der Waals surface area contributed by atoms with Crippen molar-refractivity contribution in [3.8, 4) is 0 Å². The number of carbonyl (C=O) groups excluding carboxylic acids is 1. The van der Waals surface area contributed by atoms with Gasteiger partial charge in [0.05, 0.1) is 11.7 Å². The second-order valence-corrected chi connectivity index (χ2v) is 7.84. The van der Waals surface area contributed by atoms with Gasteiger partial charge in [0, 0.05) is 37.4 Å². The van der Waals surface area contributed by atoms with E-state index in [1.165, 1.54) is 0 Å². The first-order valence-electron chi connectivity index (χ1n) is 9.97. The summed E-state index contributed by atoms with van der Waals surface area (Å²) in [6, 6.07) is 15.1. The standard InChI is InChI=1S/C21H20N8OS/c1-14-3-2-4-18(22-14)23-19-7-8-20(25-24-19)28-9-11-29(12-10-28)21(30)15-5-6-16-17(13-15)27-31-26-16/h2-8,13H,9-12H2,1H3,(H,22,23,24). The minimum absolute atomic E-state index is 0.0193. The Kier molecular flexibility index (Phi) is 5.13. The van der Waals surface area contributed by atoms with Gasteiger partial charge in [0.25, 0.3) is 5.91 Å². The van der Waals surface area contributed by atoms with Crippen LogP contribution >= 0.6 is 11.7 Å². The number of carbonyl (C=O) groups is 1. The number of nitrogens with one attached hydrogen (secondary N) is 1. The van der Waals surface area contributed by atoms with Crippen molar-refractivity contribution in [2.45, 2.75) is 6.92 Å². The van der Waals surface area contributed by atoms with E-state index in [1.807, 2.05) is 60.4 Å². The number of aromatic nitrogens is 5. The first kappa shape index (κ1) is 19.3. The van der Waals surface area contributed by atoms with Gasteiger partial charge in [-0.3, -0.25) is 4.79 Å². The zero-order valence-electron chi connectivity index (χ0n) is 16.9. The molecule has 1 saturated heterocycles. The van der Waals surface area contributed by atoms with Crippen molar-refractivity contribution in [2.75, 3.05) is 36.4 Å². The van der Waals surface area contributed by atoms with Crippen molar-refractivity contribution in [3.05, 3.63) is 59.8 Å². The fourth-order valence-electron chi connectivity index (χ4n) is 3.54. The highest BCUT2D eigenvalue weighted by Crippen LogP contribution is 2.19. The molecule has 0 bridgehead atoms. The molecule has 4 aromatic rings. The number of rotatable bonds is 4. The van der Waals surface area contributed by atoms with Crippen LogP contribution in [0.3, 0.4) is 0 Å². The van der Waals surface area contributed by atoms with Gasteiger partial charge in [0.1, 0.15) is 16.9 Å². The molecule has 4 heterocycles. The number of aryl methyl sites for hydroxylation is 1. The van der Waals surface area contributed by atoms with Gasteiger partial charge in [-0.15, -0.1) is 10.2 Å². The molecule has 0 aliphatic carbocycles. The summed E-state index contributed by atoms with van der Waals surface area (Å²) in [6.07, 6.45) is 0. The summed E-state index contributed by atoms with van der Waals surface area (Å²) in [5.74, 6) is 2.19. The quantitative estimate of drug-likeness (QED) is 0.525. The van der Waals surface area contributed by atoms with Crippen LogP contribution in [0.15, 0.2) is 48.5 Å². The maximum atomic E-state index is 12.9. The van der Waals surface area contributed by atoms with Crippen LogP contribution in [0.25, 0.3) is 11.0 Å². The number of anilines is 3. The fourth-order valence-corrected chi connectivity index (χ4v) is 4.06. The second-order valence-electron chi connectivity index (χ2n) is 7.31. The molecule has 0 atom stereocenters. The molecule has 1 aromatic carbocycles. The number of piperazine rings is 1. The third kappa shape index (κ3) is 4.15. The van der Waals surface area contributed by atoms with Crippen molar-refractivity contribution in [2.24, 2.45) is 0 Å². The molecule has 5 rings (SSSR count). The monoisotopic (exact) mass is 432 g/mol. The highest BCUT2D eigenvalue weighted by molar-refractivity contribution is 7.00. The molecular formula is C21H20N8OS. The Morgan fingerprint density at radius 3 is 2.55 bits per heavy atom. The van der Waals surface area contributed by atoms with Crippen molar-refractivity contribution in [1.82, 2.24) is 28.8 Å². The number of hydrogen-bond donors (Lipinski definition) is 1. The SMILES string of the molecule is Cc1cccc(Nc2ccc(N3CCN(C(=O)c4ccc5nsnc5c4)CC3)nn2)n1. The Balaban J connectivity index is 1.20. The van der Waals surface area contributed by atoms with E-state index in [0.717, 1.165) is 40.1 Å². The predicted octanol–water partition coefficient (Wildman–Crippen LogP) is 2.89. The third-order valence-corrected chi connectivity index (χ3v) is 5.74. The highest BCUT2D eigenvalue weighted by Gasteiger charge is 2.23. The maximum Gasteiger partial charge on any atom is 0.254 e. The van der Waals surface area contributed by atoms with Crippen LogP contribution in [-0.2, 0) is 0 Å². The summed E-state index contributed by atoms with van der Waals surface area (Å²) >= 11 is 1.16. The van der Waals surface area contributed by atoms with Crippen LogP contribution in [-0.4, -0.2) is 60.9 Å². The van der Waals surface area contributed by atoms with Crippen LogP contribution in [0.2, 0.25) is 0 Å². The average Bonchev–Trinajstić information content (AvgIpc) is 3.27. The van der Waals surface area contributed by atoms with Crippen LogP contribution in [0.4, 0.5) is 17.5 Å². The molecule has 156 valence electrons. The number of hydrogen-bond acceptors (Lipinski definition) is 9. The maximum absolute atomic E-state index is 12.9. The Bertz CT molecular complexity index is 1220. The highest BCUT2D eigenvalue weighted by atomic mass is 32.1. The van der Waals surface area contributed by atoms with Gasteiger partial charge in [0.2, 0.25) is 0 Å². The normalized spacial score (nSPS) is 14.1. The van der Waals surface area contributed by atoms with Gasteiger partial charge in [-0.05, 0) is 49.4 Å². The van der Waals surface area contributed by atoms with E-state index in [-0.39, 0.29) is 5.91 Å². The summed E-state index contributed by atoms with van der Waals surface area (Å²) in [4.78, 5) is 21.3. The van der Waals surface area contributed by atoms with Crippen molar-refractivity contribution in [3.63, 3.8) is 0 Å². The van der Waals surface area contributed by atoms with E-state index in [4.69, 9.17) is 0 Å². The van der Waals surface area contributed by atoms with Gasteiger partial charge in [0.15, 0.2) is 11.6 Å². The van der Waals surface area contributed by atoms with Crippen LogP contribution in [0.1, 0.15) is 16.1 Å². The average molecular weight is 433 g/mol. The van der Waals surface area contributed by atoms with E-state index in [1.54, 1.807) is 0 Å². The van der Waals surface area contributed by atoms with E-state index in [2.05, 4.69) is 34.1 Å². The Labute approximate surface area is 183 Å². The predicted molar refractivity (Wildman–Crippen MR) is 120 cm³/mol. The zero-order valence-corrected chi connectivity index (χ0v) is 17.7. The Morgan fingerprint density at radius 1 is 0.935 bits per heavy atom. The molecular weight excluding hydrogens is 412 g/mol. The molecule has 1 fully saturated rings. The number of benzene rings is 1. The molecule has 1 aliphatic heterocycles. The number of fused-ring (bicyclic) bond motifs is 1. The summed E-state index contributed by atoms with van der Waals surface area (Å²) in [5, 5.41) is 11.8. The fraction of sp³-hybridized carbons (Fsp3) is 0.238. The smallest absolute Gasteiger partial charge is 0.254 e. The third-order valence-electron chi connectivity index (χ3n) is 5.19. The molecule has 0 spiro atoms. The van der Waals surface area contributed by atoms with Crippen molar-refractivity contribution in [1.29, 1.82) is 0 Å². The Hall–Kier alpha value is -3.66. The topological polar surface area (TPSA) is 100 Å². The molecule has 1 amide bonds. The largest absolute Gasteiger partial charge is 0.352 e. The Morgan fingerprint density at radius 2 is 1.77 bits per heavy atom.